The van der Waals surface area contributed by atoms with Gasteiger partial charge in [0.05, 0.1) is 6.42 Å². The maximum atomic E-state index is 12.8. The second-order valence-corrected chi connectivity index (χ2v) is 5.26. The number of amides is 1. The van der Waals surface area contributed by atoms with E-state index < -0.39 is 0 Å². The van der Waals surface area contributed by atoms with Crippen LogP contribution in [0.1, 0.15) is 11.1 Å². The van der Waals surface area contributed by atoms with Crippen molar-refractivity contribution in [3.63, 3.8) is 0 Å². The number of fused-ring (bicyclic) bond motifs is 1. The van der Waals surface area contributed by atoms with Gasteiger partial charge < -0.3 is 5.32 Å². The van der Waals surface area contributed by atoms with Crippen molar-refractivity contribution in [3.05, 3.63) is 83.7 Å². The molecule has 0 atom stereocenters. The van der Waals surface area contributed by atoms with Crippen LogP contribution < -0.4 is 5.32 Å². The molecule has 3 rings (SSSR count). The zero-order valence-corrected chi connectivity index (χ0v) is 12.1. The third-order valence-electron chi connectivity index (χ3n) is 3.58. The monoisotopic (exact) mass is 293 g/mol. The highest BCUT2D eigenvalue weighted by Crippen LogP contribution is 2.15. The molecule has 0 bridgehead atoms. The first-order valence-corrected chi connectivity index (χ1v) is 7.19. The van der Waals surface area contributed by atoms with Crippen LogP contribution in [0.4, 0.5) is 4.39 Å². The van der Waals surface area contributed by atoms with E-state index in [2.05, 4.69) is 29.6 Å². The summed E-state index contributed by atoms with van der Waals surface area (Å²) in [6.45, 7) is 0.491. The lowest BCUT2D eigenvalue weighted by molar-refractivity contribution is -0.120. The van der Waals surface area contributed by atoms with Crippen LogP contribution in [0.15, 0.2) is 66.7 Å². The predicted molar refractivity (Wildman–Crippen MR) is 85.9 cm³/mol. The van der Waals surface area contributed by atoms with E-state index in [1.54, 1.807) is 12.1 Å². The van der Waals surface area contributed by atoms with Crippen LogP contribution in [0.25, 0.3) is 10.8 Å². The van der Waals surface area contributed by atoms with Crippen molar-refractivity contribution >= 4 is 16.7 Å². The predicted octanol–water partition coefficient (Wildman–Crippen LogP) is 3.84. The quantitative estimate of drug-likeness (QED) is 0.778. The van der Waals surface area contributed by atoms with Crippen molar-refractivity contribution in [1.29, 1.82) is 0 Å². The van der Waals surface area contributed by atoms with E-state index in [4.69, 9.17) is 0 Å². The van der Waals surface area contributed by atoms with E-state index in [9.17, 15) is 9.18 Å². The first-order chi connectivity index (χ1) is 10.7. The maximum Gasteiger partial charge on any atom is 0.224 e. The number of hydrogen-bond donors (Lipinski definition) is 1. The number of benzene rings is 3. The zero-order valence-electron chi connectivity index (χ0n) is 12.1. The Morgan fingerprint density at radius 2 is 1.55 bits per heavy atom. The number of hydrogen-bond acceptors (Lipinski definition) is 1. The molecular formula is C19H16FNO. The molecule has 3 aromatic carbocycles. The van der Waals surface area contributed by atoms with Crippen molar-refractivity contribution in [2.45, 2.75) is 13.0 Å². The summed E-state index contributed by atoms with van der Waals surface area (Å²) in [5, 5.41) is 5.24. The SMILES string of the molecule is O=C(Cc1ccc(F)cc1)NCc1ccc2ccccc2c1. The molecule has 0 saturated carbocycles. The van der Waals surface area contributed by atoms with Gasteiger partial charge in [-0.2, -0.15) is 0 Å². The molecule has 0 radical (unpaired) electrons. The first kappa shape index (κ1) is 14.3. The lowest BCUT2D eigenvalue weighted by atomic mass is 10.1. The van der Waals surface area contributed by atoms with Crippen molar-refractivity contribution in [3.8, 4) is 0 Å². The molecule has 0 heterocycles. The Bertz CT molecular complexity index is 796. The normalized spacial score (nSPS) is 10.6. The highest BCUT2D eigenvalue weighted by atomic mass is 19.1. The van der Waals surface area contributed by atoms with Crippen LogP contribution in [0.3, 0.4) is 0 Å². The van der Waals surface area contributed by atoms with Crippen molar-refractivity contribution in [1.82, 2.24) is 5.32 Å². The van der Waals surface area contributed by atoms with Crippen molar-refractivity contribution < 1.29 is 9.18 Å². The Labute approximate surface area is 128 Å². The summed E-state index contributed by atoms with van der Waals surface area (Å²) in [5.41, 5.74) is 1.86. The average molecular weight is 293 g/mol. The van der Waals surface area contributed by atoms with Gasteiger partial charge in [0.2, 0.25) is 5.91 Å². The summed E-state index contributed by atoms with van der Waals surface area (Å²) >= 11 is 0. The zero-order chi connectivity index (χ0) is 15.4. The van der Waals surface area contributed by atoms with Gasteiger partial charge in [0.15, 0.2) is 0 Å². The van der Waals surface area contributed by atoms with Gasteiger partial charge in [-0.3, -0.25) is 4.79 Å². The minimum Gasteiger partial charge on any atom is -0.352 e. The summed E-state index contributed by atoms with van der Waals surface area (Å²) < 4.78 is 12.8. The van der Waals surface area contributed by atoms with Crippen molar-refractivity contribution in [2.75, 3.05) is 0 Å². The van der Waals surface area contributed by atoms with Crippen LogP contribution >= 0.6 is 0 Å². The molecule has 0 aliphatic carbocycles. The molecule has 0 aromatic heterocycles. The highest BCUT2D eigenvalue weighted by Gasteiger charge is 2.04. The first-order valence-electron chi connectivity index (χ1n) is 7.19. The summed E-state index contributed by atoms with van der Waals surface area (Å²) in [4.78, 5) is 11.9. The van der Waals surface area contributed by atoms with E-state index >= 15 is 0 Å². The lowest BCUT2D eigenvalue weighted by Crippen LogP contribution is -2.24. The van der Waals surface area contributed by atoms with Crippen LogP contribution in [-0.4, -0.2) is 5.91 Å². The number of carbonyl (C=O) groups is 1. The molecule has 110 valence electrons. The lowest BCUT2D eigenvalue weighted by Gasteiger charge is -2.07. The van der Waals surface area contributed by atoms with Gasteiger partial charge in [-0.05, 0) is 40.1 Å². The summed E-state index contributed by atoms with van der Waals surface area (Å²) in [6.07, 6.45) is 0.258. The number of carbonyl (C=O) groups excluding carboxylic acids is 1. The minimum atomic E-state index is -0.291. The third kappa shape index (κ3) is 3.50. The van der Waals surface area contributed by atoms with Gasteiger partial charge in [-0.25, -0.2) is 4.39 Å². The number of halogens is 1. The Morgan fingerprint density at radius 1 is 0.864 bits per heavy atom. The van der Waals surface area contributed by atoms with E-state index in [1.807, 2.05) is 18.2 Å². The maximum absolute atomic E-state index is 12.8. The van der Waals surface area contributed by atoms with E-state index in [-0.39, 0.29) is 18.1 Å². The number of rotatable bonds is 4. The third-order valence-corrected chi connectivity index (χ3v) is 3.58. The molecular weight excluding hydrogens is 277 g/mol. The molecule has 1 amide bonds. The van der Waals surface area contributed by atoms with Gasteiger partial charge in [0.1, 0.15) is 5.82 Å². The molecule has 2 nitrogen and oxygen atoms in total. The van der Waals surface area contributed by atoms with Crippen LogP contribution in [0.5, 0.6) is 0 Å². The van der Waals surface area contributed by atoms with E-state index in [1.165, 1.54) is 17.5 Å². The Hall–Kier alpha value is -2.68. The van der Waals surface area contributed by atoms with Gasteiger partial charge >= 0.3 is 0 Å². The molecule has 0 unspecified atom stereocenters. The second-order valence-electron chi connectivity index (χ2n) is 5.26. The van der Waals surface area contributed by atoms with Crippen LogP contribution in [0.2, 0.25) is 0 Å². The largest absolute Gasteiger partial charge is 0.352 e. The second kappa shape index (κ2) is 6.39. The Morgan fingerprint density at radius 3 is 2.32 bits per heavy atom. The fourth-order valence-electron chi connectivity index (χ4n) is 2.40. The van der Waals surface area contributed by atoms with Crippen molar-refractivity contribution in [2.24, 2.45) is 0 Å². The molecule has 0 aliphatic heterocycles. The van der Waals surface area contributed by atoms with Crippen LogP contribution in [-0.2, 0) is 17.8 Å². The van der Waals surface area contributed by atoms with Gasteiger partial charge in [0.25, 0.3) is 0 Å². The standard InChI is InChI=1S/C19H16FNO/c20-18-9-6-14(7-10-18)12-19(22)21-13-15-5-8-16-3-1-2-4-17(16)11-15/h1-11H,12-13H2,(H,21,22). The minimum absolute atomic E-state index is 0.0697. The van der Waals surface area contributed by atoms with E-state index in [0.29, 0.717) is 6.54 Å². The molecule has 22 heavy (non-hydrogen) atoms. The smallest absolute Gasteiger partial charge is 0.224 e. The Balaban J connectivity index is 1.60. The summed E-state index contributed by atoms with van der Waals surface area (Å²) in [5.74, 6) is -0.361. The van der Waals surface area contributed by atoms with Gasteiger partial charge in [0, 0.05) is 6.54 Å². The summed E-state index contributed by atoms with van der Waals surface area (Å²) in [6, 6.07) is 20.3. The molecule has 0 aliphatic rings. The molecule has 0 saturated heterocycles. The molecule has 0 spiro atoms. The molecule has 1 N–H and O–H groups in total. The fraction of sp³-hybridized carbons (Fsp3) is 0.105. The molecule has 3 aromatic rings. The summed E-state index contributed by atoms with van der Waals surface area (Å²) in [7, 11) is 0. The fourth-order valence-corrected chi connectivity index (χ4v) is 2.40. The van der Waals surface area contributed by atoms with Gasteiger partial charge in [-0.1, -0.05) is 48.5 Å². The molecule has 3 heteroatoms. The highest BCUT2D eigenvalue weighted by molar-refractivity contribution is 5.83. The average Bonchev–Trinajstić information content (AvgIpc) is 2.55. The van der Waals surface area contributed by atoms with E-state index in [0.717, 1.165) is 16.5 Å². The molecule has 0 fully saturated rings. The van der Waals surface area contributed by atoms with Crippen LogP contribution in [0, 0.1) is 5.82 Å². The topological polar surface area (TPSA) is 29.1 Å². The Kier molecular flexibility index (Phi) is 4.15. The van der Waals surface area contributed by atoms with Gasteiger partial charge in [-0.15, -0.1) is 0 Å². The number of nitrogens with one attached hydrogen (secondary N) is 1.